The minimum atomic E-state index is -0.118. The number of nitrogens with zero attached hydrogens (tertiary/aromatic N) is 3. The highest BCUT2D eigenvalue weighted by Crippen LogP contribution is 2.20. The molecule has 0 amide bonds. The van der Waals surface area contributed by atoms with E-state index in [2.05, 4.69) is 39.2 Å². The number of nitrogens with one attached hydrogen (secondary N) is 2. The summed E-state index contributed by atoms with van der Waals surface area (Å²) >= 11 is 0. The number of hydrogen-bond acceptors (Lipinski definition) is 6. The molecule has 7 heteroatoms. The van der Waals surface area contributed by atoms with Crippen LogP contribution in [0.5, 0.6) is 0 Å². The molecule has 0 aromatic carbocycles. The summed E-state index contributed by atoms with van der Waals surface area (Å²) in [6.07, 6.45) is -0.118. The quantitative estimate of drug-likeness (QED) is 0.790. The fourth-order valence-electron chi connectivity index (χ4n) is 2.69. The maximum atomic E-state index is 5.62. The fraction of sp³-hybridized carbons (Fsp3) is 0.833. The van der Waals surface area contributed by atoms with Crippen molar-refractivity contribution in [1.29, 1.82) is 0 Å². The second kappa shape index (κ2) is 5.44. The van der Waals surface area contributed by atoms with E-state index in [9.17, 15) is 0 Å². The lowest BCUT2D eigenvalue weighted by molar-refractivity contribution is -0.0933. The summed E-state index contributed by atoms with van der Waals surface area (Å²) in [6.45, 7) is 8.01. The smallest absolute Gasteiger partial charge is 0.244 e. The van der Waals surface area contributed by atoms with Crippen LogP contribution in [0.25, 0.3) is 0 Å². The van der Waals surface area contributed by atoms with Crippen LogP contribution in [0.4, 0.5) is 5.95 Å². The van der Waals surface area contributed by atoms with Crippen molar-refractivity contribution < 1.29 is 9.47 Å². The van der Waals surface area contributed by atoms with E-state index in [0.29, 0.717) is 31.9 Å². The van der Waals surface area contributed by atoms with E-state index in [4.69, 9.17) is 9.47 Å². The lowest BCUT2D eigenvalue weighted by Crippen LogP contribution is -2.54. The van der Waals surface area contributed by atoms with Crippen molar-refractivity contribution in [3.8, 4) is 0 Å². The number of hydrogen-bond donors (Lipinski definition) is 2. The first-order valence-electron chi connectivity index (χ1n) is 6.85. The summed E-state index contributed by atoms with van der Waals surface area (Å²) in [5.74, 6) is 1.51. The molecule has 0 saturated carbocycles. The zero-order chi connectivity index (χ0) is 13.2. The third-order valence-corrected chi connectivity index (χ3v) is 3.45. The van der Waals surface area contributed by atoms with Crippen molar-refractivity contribution in [3.63, 3.8) is 0 Å². The lowest BCUT2D eigenvalue weighted by atomic mass is 10.1. The van der Waals surface area contributed by atoms with E-state index in [-0.39, 0.29) is 6.10 Å². The molecule has 0 aliphatic carbocycles. The van der Waals surface area contributed by atoms with Crippen LogP contribution in [0.3, 0.4) is 0 Å². The Bertz CT molecular complexity index is 408. The first-order chi connectivity index (χ1) is 9.22. The molecule has 1 aromatic rings. The predicted molar refractivity (Wildman–Crippen MR) is 70.2 cm³/mol. The van der Waals surface area contributed by atoms with Gasteiger partial charge in [-0.25, -0.2) is 0 Å². The first-order valence-corrected chi connectivity index (χ1v) is 6.85. The molecule has 3 atom stereocenters. The largest absolute Gasteiger partial charge is 0.376 e. The van der Waals surface area contributed by atoms with Crippen molar-refractivity contribution in [2.24, 2.45) is 0 Å². The van der Waals surface area contributed by atoms with Gasteiger partial charge in [-0.3, -0.25) is 5.10 Å². The second-order valence-corrected chi connectivity index (χ2v) is 5.33. The summed E-state index contributed by atoms with van der Waals surface area (Å²) in [5.41, 5.74) is 0. The van der Waals surface area contributed by atoms with Crippen molar-refractivity contribution in [3.05, 3.63) is 5.82 Å². The maximum Gasteiger partial charge on any atom is 0.244 e. The zero-order valence-corrected chi connectivity index (χ0v) is 11.4. The Morgan fingerprint density at radius 1 is 1.21 bits per heavy atom. The van der Waals surface area contributed by atoms with E-state index in [1.165, 1.54) is 0 Å². The zero-order valence-electron chi connectivity index (χ0n) is 11.4. The molecule has 0 radical (unpaired) electrons. The number of aromatic amines is 1. The fourth-order valence-corrected chi connectivity index (χ4v) is 2.69. The molecule has 3 unspecified atom stereocenters. The van der Waals surface area contributed by atoms with Crippen LogP contribution >= 0.6 is 0 Å². The van der Waals surface area contributed by atoms with Crippen LogP contribution in [0.2, 0.25) is 0 Å². The van der Waals surface area contributed by atoms with Crippen molar-refractivity contribution in [2.75, 3.05) is 37.8 Å². The van der Waals surface area contributed by atoms with Crippen molar-refractivity contribution in [1.82, 2.24) is 20.5 Å². The number of aromatic nitrogens is 3. The van der Waals surface area contributed by atoms with Gasteiger partial charge in [-0.15, -0.1) is 5.10 Å². The molecule has 106 valence electrons. The first kappa shape index (κ1) is 12.8. The Kier molecular flexibility index (Phi) is 3.67. The van der Waals surface area contributed by atoms with E-state index < -0.39 is 0 Å². The Hall–Kier alpha value is -1.18. The molecule has 2 aliphatic heterocycles. The molecule has 0 spiro atoms. The molecule has 3 rings (SSSR count). The Morgan fingerprint density at radius 2 is 2.00 bits per heavy atom. The lowest BCUT2D eigenvalue weighted by Gasteiger charge is -2.35. The van der Waals surface area contributed by atoms with E-state index in [1.54, 1.807) is 0 Å². The third kappa shape index (κ3) is 2.88. The van der Waals surface area contributed by atoms with Crippen LogP contribution in [0.15, 0.2) is 0 Å². The van der Waals surface area contributed by atoms with Gasteiger partial charge in [0.2, 0.25) is 5.95 Å². The van der Waals surface area contributed by atoms with Crippen LogP contribution in [-0.4, -0.2) is 60.2 Å². The van der Waals surface area contributed by atoms with E-state index >= 15 is 0 Å². The molecule has 19 heavy (non-hydrogen) atoms. The molecule has 2 saturated heterocycles. The highest BCUT2D eigenvalue weighted by Gasteiger charge is 2.26. The van der Waals surface area contributed by atoms with Gasteiger partial charge < -0.3 is 19.7 Å². The molecule has 7 nitrogen and oxygen atoms in total. The molecule has 1 aromatic heterocycles. The number of piperazine rings is 1. The van der Waals surface area contributed by atoms with Crippen LogP contribution in [0.1, 0.15) is 25.8 Å². The van der Waals surface area contributed by atoms with Gasteiger partial charge in [-0.2, -0.15) is 4.98 Å². The molecule has 0 bridgehead atoms. The van der Waals surface area contributed by atoms with Gasteiger partial charge >= 0.3 is 0 Å². The average Bonchev–Trinajstić information content (AvgIpc) is 2.88. The highest BCUT2D eigenvalue weighted by molar-refractivity contribution is 5.31. The minimum Gasteiger partial charge on any atom is -0.376 e. The Morgan fingerprint density at radius 3 is 2.68 bits per heavy atom. The van der Waals surface area contributed by atoms with Crippen molar-refractivity contribution in [2.45, 2.75) is 32.0 Å². The topological polar surface area (TPSA) is 75.3 Å². The summed E-state index contributed by atoms with van der Waals surface area (Å²) in [5, 5.41) is 10.8. The van der Waals surface area contributed by atoms with Gasteiger partial charge in [0, 0.05) is 25.2 Å². The summed E-state index contributed by atoms with van der Waals surface area (Å²) in [6, 6.07) is 0.889. The number of rotatable bonds is 2. The molecular weight excluding hydrogens is 246 g/mol. The molecule has 2 N–H and O–H groups in total. The average molecular weight is 267 g/mol. The number of ether oxygens (including phenoxy) is 2. The second-order valence-electron chi connectivity index (χ2n) is 5.33. The van der Waals surface area contributed by atoms with E-state index in [0.717, 1.165) is 24.9 Å². The Balaban J connectivity index is 1.69. The minimum absolute atomic E-state index is 0.118. The molecule has 3 heterocycles. The van der Waals surface area contributed by atoms with Crippen LogP contribution < -0.4 is 10.2 Å². The third-order valence-electron chi connectivity index (χ3n) is 3.45. The predicted octanol–water partition coefficient (Wildman–Crippen LogP) is 0.0792. The highest BCUT2D eigenvalue weighted by atomic mass is 16.6. The monoisotopic (exact) mass is 267 g/mol. The van der Waals surface area contributed by atoms with Crippen LogP contribution in [-0.2, 0) is 9.47 Å². The standard InChI is InChI=1S/C12H21N5O2/c1-8-5-17(6-9(2)13-8)12-14-11(15-16-12)10-7-18-3-4-19-10/h8-10,13H,3-7H2,1-2H3,(H,14,15,16). The van der Waals surface area contributed by atoms with Gasteiger partial charge in [0.25, 0.3) is 0 Å². The van der Waals surface area contributed by atoms with Gasteiger partial charge in [-0.1, -0.05) is 0 Å². The SMILES string of the molecule is CC1CN(c2n[nH]c(C3COCCO3)n2)CC(C)N1. The summed E-state index contributed by atoms with van der Waals surface area (Å²) in [4.78, 5) is 6.76. The molecule has 2 aliphatic rings. The number of anilines is 1. The maximum absolute atomic E-state index is 5.62. The van der Waals surface area contributed by atoms with E-state index in [1.807, 2.05) is 0 Å². The normalized spacial score (nSPS) is 32.5. The number of H-pyrrole nitrogens is 1. The van der Waals surface area contributed by atoms with Gasteiger partial charge in [0.15, 0.2) is 5.82 Å². The van der Waals surface area contributed by atoms with Crippen LogP contribution in [0, 0.1) is 0 Å². The Labute approximate surface area is 112 Å². The van der Waals surface area contributed by atoms with Crippen molar-refractivity contribution >= 4 is 5.95 Å². The summed E-state index contributed by atoms with van der Waals surface area (Å²) < 4.78 is 11.0. The van der Waals surface area contributed by atoms with Gasteiger partial charge in [-0.05, 0) is 13.8 Å². The van der Waals surface area contributed by atoms with Gasteiger partial charge in [0.1, 0.15) is 6.10 Å². The molecule has 2 fully saturated rings. The summed E-state index contributed by atoms with van der Waals surface area (Å²) in [7, 11) is 0. The molecular formula is C12H21N5O2. The van der Waals surface area contributed by atoms with Gasteiger partial charge in [0.05, 0.1) is 19.8 Å².